The summed E-state index contributed by atoms with van der Waals surface area (Å²) in [7, 11) is 0.500. The molecular weight excluding hydrogens is 376 g/mol. The van der Waals surface area contributed by atoms with Crippen LogP contribution in [0.4, 0.5) is 14.6 Å². The molecule has 0 radical (unpaired) electrons. The predicted molar refractivity (Wildman–Crippen MR) is 121 cm³/mol. The molecule has 2 rings (SSSR count). The van der Waals surface area contributed by atoms with Gasteiger partial charge in [0.1, 0.15) is 0 Å². The Kier molecular flexibility index (Phi) is 12.9. The van der Waals surface area contributed by atoms with Crippen molar-refractivity contribution < 1.29 is 14.2 Å². The van der Waals surface area contributed by atoms with Gasteiger partial charge in [-0.15, -0.1) is 0 Å². The highest BCUT2D eigenvalue weighted by molar-refractivity contribution is 8.10. The molecule has 2 aromatic rings. The molecule has 0 aromatic heterocycles. The van der Waals surface area contributed by atoms with Crippen molar-refractivity contribution in [1.29, 1.82) is 0 Å². The molecule has 0 aliphatic heterocycles. The first-order valence-electron chi connectivity index (χ1n) is 8.91. The lowest BCUT2D eigenvalue weighted by molar-refractivity contribution is -0.0441. The van der Waals surface area contributed by atoms with Crippen LogP contribution in [0.2, 0.25) is 0 Å². The second-order valence-electron chi connectivity index (χ2n) is 6.38. The molecule has 28 heavy (non-hydrogen) atoms. The summed E-state index contributed by atoms with van der Waals surface area (Å²) in [5.41, 5.74) is 14.6. The van der Waals surface area contributed by atoms with Crippen LogP contribution in [0, 0.1) is 13.8 Å². The van der Waals surface area contributed by atoms with Gasteiger partial charge in [-0.3, -0.25) is 4.39 Å². The van der Waals surface area contributed by atoms with Gasteiger partial charge >= 0.3 is 0 Å². The first-order chi connectivity index (χ1) is 13.4. The van der Waals surface area contributed by atoms with E-state index in [2.05, 4.69) is 76.1 Å². The molecular formula is C23H31F2NOS. The normalized spacial score (nSPS) is 10.4. The van der Waals surface area contributed by atoms with E-state index in [0.717, 1.165) is 29.0 Å². The largest absolute Gasteiger partial charge is 0.399 e. The van der Waals surface area contributed by atoms with Crippen LogP contribution in [0.1, 0.15) is 41.7 Å². The molecule has 0 aliphatic rings. The lowest BCUT2D eigenvalue weighted by atomic mass is 9.96. The lowest BCUT2D eigenvalue weighted by Crippen LogP contribution is -1.99. The Balaban J connectivity index is 0.00000171. The zero-order valence-electron chi connectivity index (χ0n) is 17.4. The van der Waals surface area contributed by atoms with E-state index in [9.17, 15) is 4.39 Å². The summed E-state index contributed by atoms with van der Waals surface area (Å²) in [5.74, 6) is 0. The van der Waals surface area contributed by atoms with Gasteiger partial charge in [0.2, 0.25) is 0 Å². The average molecular weight is 408 g/mol. The Morgan fingerprint density at radius 3 is 2.21 bits per heavy atom. The molecule has 0 bridgehead atoms. The number of anilines is 1. The molecule has 0 saturated carbocycles. The van der Waals surface area contributed by atoms with Gasteiger partial charge < -0.3 is 5.73 Å². The molecule has 0 unspecified atom stereocenters. The first-order valence-corrected chi connectivity index (χ1v) is 9.79. The topological polar surface area (TPSA) is 46.2 Å². The zero-order valence-corrected chi connectivity index (χ0v) is 18.2. The van der Waals surface area contributed by atoms with E-state index in [1.54, 1.807) is 11.8 Å². The van der Waals surface area contributed by atoms with E-state index in [-0.39, 0.29) is 0 Å². The molecule has 0 amide bonds. The fraction of sp³-hybridized carbons (Fsp3) is 0.304. The smallest absolute Gasteiger partial charge is 0.0785 e. The van der Waals surface area contributed by atoms with Crippen molar-refractivity contribution in [2.45, 2.75) is 40.5 Å². The van der Waals surface area contributed by atoms with Crippen LogP contribution in [0.3, 0.4) is 0 Å². The minimum Gasteiger partial charge on any atom is -0.399 e. The van der Waals surface area contributed by atoms with E-state index >= 15 is 0 Å². The summed E-state index contributed by atoms with van der Waals surface area (Å²) in [6.45, 7) is 12.7. The Labute approximate surface area is 172 Å². The Bertz CT molecular complexity index is 771. The van der Waals surface area contributed by atoms with Crippen molar-refractivity contribution in [3.63, 3.8) is 0 Å². The number of hydrogen-bond acceptors (Lipinski definition) is 3. The summed E-state index contributed by atoms with van der Waals surface area (Å²) >= 11 is 1.70. The van der Waals surface area contributed by atoms with Gasteiger partial charge in [-0.2, -0.15) is 0 Å². The summed E-state index contributed by atoms with van der Waals surface area (Å²) in [6.07, 6.45) is 1.97. The molecule has 3 N–H and O–H groups in total. The zero-order chi connectivity index (χ0) is 21.7. The molecule has 0 aliphatic carbocycles. The summed E-state index contributed by atoms with van der Waals surface area (Å²) in [5, 5.41) is 7.72. The van der Waals surface area contributed by atoms with Crippen molar-refractivity contribution in [3.05, 3.63) is 81.8 Å². The number of halogens is 2. The SMILES string of the molecule is C=C(S/C=C(\C)Cc1cc(C)c(N)cc1CC)c1ccc(C)cc1.CF.OF. The van der Waals surface area contributed by atoms with Crippen LogP contribution < -0.4 is 5.73 Å². The summed E-state index contributed by atoms with van der Waals surface area (Å²) in [6, 6.07) is 12.9. The van der Waals surface area contributed by atoms with Gasteiger partial charge in [0, 0.05) is 10.6 Å². The summed E-state index contributed by atoms with van der Waals surface area (Å²) in [4.78, 5) is 1.08. The highest BCUT2D eigenvalue weighted by atomic mass is 32.2. The van der Waals surface area contributed by atoms with Gasteiger partial charge in [-0.05, 0) is 67.3 Å². The summed E-state index contributed by atoms with van der Waals surface area (Å²) < 4.78 is 18.0. The quantitative estimate of drug-likeness (QED) is 0.521. The number of nitrogens with two attached hydrogens (primary N) is 1. The van der Waals surface area contributed by atoms with E-state index in [4.69, 9.17) is 15.6 Å². The number of rotatable bonds is 6. The first kappa shape index (κ1) is 25.9. The van der Waals surface area contributed by atoms with Crippen molar-refractivity contribution in [2.75, 3.05) is 12.9 Å². The fourth-order valence-corrected chi connectivity index (χ4v) is 3.35. The monoisotopic (exact) mass is 407 g/mol. The second-order valence-corrected chi connectivity index (χ2v) is 7.34. The van der Waals surface area contributed by atoms with Gasteiger partial charge in [-0.25, -0.2) is 5.31 Å². The maximum Gasteiger partial charge on any atom is 0.0785 e. The second kappa shape index (κ2) is 14.0. The predicted octanol–water partition coefficient (Wildman–Crippen LogP) is 6.75. The number of allylic oxidation sites excluding steroid dienone is 1. The van der Waals surface area contributed by atoms with Crippen LogP contribution in [-0.2, 0) is 12.8 Å². The molecule has 5 heteroatoms. The fourth-order valence-electron chi connectivity index (χ4n) is 2.65. The van der Waals surface area contributed by atoms with Gasteiger partial charge in [-0.1, -0.05) is 71.3 Å². The van der Waals surface area contributed by atoms with Crippen LogP contribution in [0.25, 0.3) is 4.91 Å². The number of aryl methyl sites for hydroxylation is 3. The van der Waals surface area contributed by atoms with E-state index < -0.39 is 0 Å². The van der Waals surface area contributed by atoms with Crippen molar-refractivity contribution in [1.82, 2.24) is 0 Å². The molecule has 0 fully saturated rings. The molecule has 0 spiro atoms. The highest BCUT2D eigenvalue weighted by Gasteiger charge is 2.06. The third-order valence-corrected chi connectivity index (χ3v) is 5.25. The molecule has 2 nitrogen and oxygen atoms in total. The van der Waals surface area contributed by atoms with Gasteiger partial charge in [0.15, 0.2) is 0 Å². The third-order valence-electron chi connectivity index (χ3n) is 4.21. The van der Waals surface area contributed by atoms with E-state index in [1.807, 2.05) is 0 Å². The Morgan fingerprint density at radius 2 is 1.68 bits per heavy atom. The van der Waals surface area contributed by atoms with Crippen molar-refractivity contribution in [3.8, 4) is 0 Å². The lowest BCUT2D eigenvalue weighted by Gasteiger charge is -2.12. The maximum absolute atomic E-state index is 9.50. The average Bonchev–Trinajstić information content (AvgIpc) is 2.72. The van der Waals surface area contributed by atoms with Gasteiger partial charge in [0.25, 0.3) is 0 Å². The maximum atomic E-state index is 9.50. The minimum absolute atomic E-state index is 0.500. The van der Waals surface area contributed by atoms with Crippen LogP contribution >= 0.6 is 11.8 Å². The highest BCUT2D eigenvalue weighted by Crippen LogP contribution is 2.29. The molecule has 154 valence electrons. The van der Waals surface area contributed by atoms with Crippen molar-refractivity contribution >= 4 is 22.4 Å². The standard InChI is InChI=1S/C22H27NS.CH3F.FHO/c1-6-19-13-22(23)17(4)12-21(19)11-16(3)14-24-18(5)20-9-7-15(2)8-10-20;2*1-2/h7-10,12-14H,5-6,11,23H2,1-4H3;1H3;2H/b16-14+;;. The van der Waals surface area contributed by atoms with Crippen LogP contribution in [-0.4, -0.2) is 12.5 Å². The van der Waals surface area contributed by atoms with Crippen molar-refractivity contribution in [2.24, 2.45) is 0 Å². The number of alkyl halides is 1. The van der Waals surface area contributed by atoms with E-state index in [0.29, 0.717) is 7.18 Å². The molecule has 0 saturated heterocycles. The number of thioether (sulfide) groups is 1. The van der Waals surface area contributed by atoms with Gasteiger partial charge in [0.05, 0.1) is 7.18 Å². The van der Waals surface area contributed by atoms with Crippen LogP contribution in [0.5, 0.6) is 0 Å². The minimum atomic E-state index is 0.500. The Hall–Kier alpha value is -2.11. The third kappa shape index (κ3) is 8.28. The van der Waals surface area contributed by atoms with E-state index in [1.165, 1.54) is 27.8 Å². The number of nitrogen functional groups attached to an aromatic ring is 1. The Morgan fingerprint density at radius 1 is 1.11 bits per heavy atom. The van der Waals surface area contributed by atoms with Crippen LogP contribution in [0.15, 0.2) is 54.0 Å². The number of hydrogen-bond donors (Lipinski definition) is 2. The molecule has 0 heterocycles. The molecule has 2 aromatic carbocycles. The number of benzene rings is 2. The molecule has 0 atom stereocenters.